The Kier molecular flexibility index (Phi) is 2.68. The molecule has 1 aromatic carbocycles. The molecule has 0 bridgehead atoms. The molecule has 1 aliphatic heterocycles. The minimum absolute atomic E-state index is 0.244. The van der Waals surface area contributed by atoms with Gasteiger partial charge in [0, 0.05) is 25.9 Å². The quantitative estimate of drug-likeness (QED) is 0.890. The predicted octanol–water partition coefficient (Wildman–Crippen LogP) is 1.42. The van der Waals surface area contributed by atoms with E-state index in [9.17, 15) is 5.11 Å². The molecular formula is C13H14N2O3. The van der Waals surface area contributed by atoms with Gasteiger partial charge in [-0.2, -0.15) is 0 Å². The van der Waals surface area contributed by atoms with Crippen molar-refractivity contribution in [3.63, 3.8) is 0 Å². The summed E-state index contributed by atoms with van der Waals surface area (Å²) in [6, 6.07) is 5.48. The molecule has 1 N–H and O–H groups in total. The van der Waals surface area contributed by atoms with E-state index < -0.39 is 6.10 Å². The van der Waals surface area contributed by atoms with Gasteiger partial charge in [-0.25, -0.2) is 4.98 Å². The van der Waals surface area contributed by atoms with Gasteiger partial charge in [-0.3, -0.25) is 0 Å². The second-order valence-corrected chi connectivity index (χ2v) is 4.29. The highest BCUT2D eigenvalue weighted by molar-refractivity contribution is 5.45. The van der Waals surface area contributed by atoms with Crippen LogP contribution in [0, 0.1) is 0 Å². The maximum atomic E-state index is 10.2. The van der Waals surface area contributed by atoms with Crippen LogP contribution in [0.15, 0.2) is 30.6 Å². The van der Waals surface area contributed by atoms with Crippen LogP contribution in [0.1, 0.15) is 17.5 Å². The molecule has 0 radical (unpaired) electrons. The molecule has 0 spiro atoms. The Hall–Kier alpha value is -2.01. The Morgan fingerprint density at radius 1 is 1.39 bits per heavy atom. The Morgan fingerprint density at radius 3 is 3.00 bits per heavy atom. The van der Waals surface area contributed by atoms with E-state index >= 15 is 0 Å². The fraction of sp³-hybridized carbons (Fsp3) is 0.308. The molecule has 5 heteroatoms. The van der Waals surface area contributed by atoms with Gasteiger partial charge in [-0.05, 0) is 17.7 Å². The zero-order valence-electron chi connectivity index (χ0n) is 10.0. The third kappa shape index (κ3) is 1.93. The number of aromatic nitrogens is 2. The number of rotatable bonds is 3. The van der Waals surface area contributed by atoms with Crippen molar-refractivity contribution in [1.82, 2.24) is 9.55 Å². The normalized spacial score (nSPS) is 14.8. The lowest BCUT2D eigenvalue weighted by Gasteiger charge is -2.11. The Labute approximate surface area is 105 Å². The molecule has 0 fully saturated rings. The number of aliphatic hydroxyl groups excluding tert-OH is 1. The van der Waals surface area contributed by atoms with E-state index in [1.807, 2.05) is 36.0 Å². The fourth-order valence-electron chi connectivity index (χ4n) is 2.00. The molecule has 1 aromatic heterocycles. The second kappa shape index (κ2) is 4.34. The molecule has 0 saturated heterocycles. The minimum Gasteiger partial charge on any atom is -0.454 e. The van der Waals surface area contributed by atoms with Gasteiger partial charge in [0.1, 0.15) is 5.82 Å². The summed E-state index contributed by atoms with van der Waals surface area (Å²) < 4.78 is 12.4. The third-order valence-corrected chi connectivity index (χ3v) is 3.08. The van der Waals surface area contributed by atoms with Gasteiger partial charge < -0.3 is 19.1 Å². The summed E-state index contributed by atoms with van der Waals surface area (Å²) in [5.41, 5.74) is 0.808. The Morgan fingerprint density at radius 2 is 2.22 bits per heavy atom. The van der Waals surface area contributed by atoms with E-state index in [4.69, 9.17) is 9.47 Å². The highest BCUT2D eigenvalue weighted by Crippen LogP contribution is 2.34. The van der Waals surface area contributed by atoms with Crippen LogP contribution in [-0.4, -0.2) is 21.5 Å². The van der Waals surface area contributed by atoms with Crippen LogP contribution < -0.4 is 9.47 Å². The maximum Gasteiger partial charge on any atom is 0.231 e. The van der Waals surface area contributed by atoms with Crippen molar-refractivity contribution in [2.45, 2.75) is 12.5 Å². The van der Waals surface area contributed by atoms with Crippen molar-refractivity contribution in [2.75, 3.05) is 6.79 Å². The van der Waals surface area contributed by atoms with Crippen molar-refractivity contribution in [1.29, 1.82) is 0 Å². The number of aliphatic hydroxyl groups is 1. The largest absolute Gasteiger partial charge is 0.454 e. The number of imidazole rings is 1. The smallest absolute Gasteiger partial charge is 0.231 e. The summed E-state index contributed by atoms with van der Waals surface area (Å²) in [5.74, 6) is 2.26. The molecule has 0 aliphatic carbocycles. The molecule has 0 amide bonds. The Balaban J connectivity index is 1.80. The predicted molar refractivity (Wildman–Crippen MR) is 64.4 cm³/mol. The first-order valence-electron chi connectivity index (χ1n) is 5.78. The zero-order chi connectivity index (χ0) is 12.5. The highest BCUT2D eigenvalue weighted by Gasteiger charge is 2.17. The van der Waals surface area contributed by atoms with E-state index in [2.05, 4.69) is 4.98 Å². The molecule has 94 valence electrons. The number of ether oxygens (including phenoxy) is 2. The molecule has 1 atom stereocenters. The zero-order valence-corrected chi connectivity index (χ0v) is 10.0. The van der Waals surface area contributed by atoms with E-state index in [-0.39, 0.29) is 6.79 Å². The summed E-state index contributed by atoms with van der Waals surface area (Å²) >= 11 is 0. The summed E-state index contributed by atoms with van der Waals surface area (Å²) in [4.78, 5) is 4.20. The number of fused-ring (bicyclic) bond motifs is 1. The number of nitrogens with zero attached hydrogens (tertiary/aromatic N) is 2. The molecule has 1 unspecified atom stereocenters. The molecule has 2 aromatic rings. The average Bonchev–Trinajstić information content (AvgIpc) is 2.98. The highest BCUT2D eigenvalue weighted by atomic mass is 16.7. The first kappa shape index (κ1) is 11.1. The van der Waals surface area contributed by atoms with E-state index in [0.29, 0.717) is 12.2 Å². The molecule has 0 saturated carbocycles. The number of aryl methyl sites for hydroxylation is 1. The second-order valence-electron chi connectivity index (χ2n) is 4.29. The summed E-state index contributed by atoms with van der Waals surface area (Å²) in [6.07, 6.45) is 3.47. The van der Waals surface area contributed by atoms with Crippen molar-refractivity contribution < 1.29 is 14.6 Å². The summed E-state index contributed by atoms with van der Waals surface area (Å²) in [7, 11) is 1.91. The SMILES string of the molecule is Cn1ccnc1CC(O)c1ccc2c(c1)OCO2. The molecule has 18 heavy (non-hydrogen) atoms. The third-order valence-electron chi connectivity index (χ3n) is 3.08. The van der Waals surface area contributed by atoms with Crippen LogP contribution in [0.4, 0.5) is 0 Å². The summed E-state index contributed by atoms with van der Waals surface area (Å²) in [5, 5.41) is 10.2. The lowest BCUT2D eigenvalue weighted by atomic mass is 10.1. The van der Waals surface area contributed by atoms with Crippen LogP contribution in [-0.2, 0) is 13.5 Å². The van der Waals surface area contributed by atoms with Gasteiger partial charge in [-0.1, -0.05) is 6.07 Å². The van der Waals surface area contributed by atoms with E-state index in [1.165, 1.54) is 0 Å². The minimum atomic E-state index is -0.597. The lowest BCUT2D eigenvalue weighted by Crippen LogP contribution is -2.06. The topological polar surface area (TPSA) is 56.5 Å². The molecule has 1 aliphatic rings. The van der Waals surface area contributed by atoms with Gasteiger partial charge in [0.25, 0.3) is 0 Å². The molecule has 2 heterocycles. The van der Waals surface area contributed by atoms with E-state index in [1.54, 1.807) is 6.20 Å². The monoisotopic (exact) mass is 246 g/mol. The first-order valence-corrected chi connectivity index (χ1v) is 5.78. The van der Waals surface area contributed by atoms with Gasteiger partial charge in [-0.15, -0.1) is 0 Å². The van der Waals surface area contributed by atoms with Crippen LogP contribution in [0.3, 0.4) is 0 Å². The fourth-order valence-corrected chi connectivity index (χ4v) is 2.00. The van der Waals surface area contributed by atoms with Gasteiger partial charge >= 0.3 is 0 Å². The molecule has 3 rings (SSSR count). The van der Waals surface area contributed by atoms with E-state index in [0.717, 1.165) is 17.1 Å². The van der Waals surface area contributed by atoms with Crippen LogP contribution in [0.5, 0.6) is 11.5 Å². The Bertz CT molecular complexity index is 565. The van der Waals surface area contributed by atoms with Crippen molar-refractivity contribution in [3.05, 3.63) is 42.0 Å². The van der Waals surface area contributed by atoms with Gasteiger partial charge in [0.05, 0.1) is 6.10 Å². The lowest BCUT2D eigenvalue weighted by molar-refractivity contribution is 0.170. The van der Waals surface area contributed by atoms with Gasteiger partial charge in [0.2, 0.25) is 6.79 Å². The molecular weight excluding hydrogens is 232 g/mol. The number of hydrogen-bond donors (Lipinski definition) is 1. The summed E-state index contributed by atoms with van der Waals surface area (Å²) in [6.45, 7) is 0.244. The van der Waals surface area contributed by atoms with Crippen molar-refractivity contribution in [2.24, 2.45) is 7.05 Å². The number of benzene rings is 1. The van der Waals surface area contributed by atoms with Crippen molar-refractivity contribution in [3.8, 4) is 11.5 Å². The number of hydrogen-bond acceptors (Lipinski definition) is 4. The first-order chi connectivity index (χ1) is 8.74. The van der Waals surface area contributed by atoms with Gasteiger partial charge in [0.15, 0.2) is 11.5 Å². The van der Waals surface area contributed by atoms with Crippen molar-refractivity contribution >= 4 is 0 Å². The maximum absolute atomic E-state index is 10.2. The van der Waals surface area contributed by atoms with Crippen LogP contribution in [0.25, 0.3) is 0 Å². The average molecular weight is 246 g/mol. The molecule has 5 nitrogen and oxygen atoms in total. The standard InChI is InChI=1S/C13H14N2O3/c1-15-5-4-14-13(15)7-10(16)9-2-3-11-12(6-9)18-8-17-11/h2-6,10,16H,7-8H2,1H3. The van der Waals surface area contributed by atoms with Crippen LogP contribution >= 0.6 is 0 Å². The van der Waals surface area contributed by atoms with Crippen LogP contribution in [0.2, 0.25) is 0 Å².